The Bertz CT molecular complexity index is 437. The lowest BCUT2D eigenvalue weighted by atomic mass is 10.0. The third-order valence-electron chi connectivity index (χ3n) is 2.99. The van der Waals surface area contributed by atoms with Crippen LogP contribution in [0.15, 0.2) is 27.1 Å². The minimum Gasteiger partial charge on any atom is -0.310 e. The minimum atomic E-state index is -0.0562. The predicted octanol–water partition coefficient (Wildman–Crippen LogP) is 2.93. The summed E-state index contributed by atoms with van der Waals surface area (Å²) >= 11 is 6.92. The molecular weight excluding hydrogens is 348 g/mol. The Morgan fingerprint density at radius 2 is 2.18 bits per heavy atom. The molecule has 17 heavy (non-hydrogen) atoms. The van der Waals surface area contributed by atoms with Gasteiger partial charge >= 0.3 is 0 Å². The average molecular weight is 362 g/mol. The summed E-state index contributed by atoms with van der Waals surface area (Å²) in [6, 6.07) is 5.82. The third kappa shape index (κ3) is 2.72. The molecule has 2 rings (SSSR count). The summed E-state index contributed by atoms with van der Waals surface area (Å²) in [4.78, 5) is 14.1. The van der Waals surface area contributed by atoms with Gasteiger partial charge in [-0.15, -0.1) is 0 Å². The number of hydrogen-bond acceptors (Lipinski definition) is 2. The predicted molar refractivity (Wildman–Crippen MR) is 76.3 cm³/mol. The maximum Gasteiger partial charge on any atom is 0.244 e. The Hall–Kier alpha value is -0.390. The van der Waals surface area contributed by atoms with Crippen molar-refractivity contribution < 1.29 is 4.79 Å². The molecule has 1 aliphatic rings. The molecular formula is C12H14Br2N2O. The van der Waals surface area contributed by atoms with Gasteiger partial charge in [0.05, 0.1) is 11.7 Å². The van der Waals surface area contributed by atoms with Crippen molar-refractivity contribution in [1.82, 2.24) is 5.32 Å². The van der Waals surface area contributed by atoms with Crippen molar-refractivity contribution >= 4 is 43.5 Å². The summed E-state index contributed by atoms with van der Waals surface area (Å²) in [5.41, 5.74) is 0.943. The number of hydrogen-bond donors (Lipinski definition) is 1. The number of amides is 1. The molecule has 1 aliphatic heterocycles. The number of halogens is 2. The van der Waals surface area contributed by atoms with E-state index in [4.69, 9.17) is 0 Å². The zero-order valence-electron chi connectivity index (χ0n) is 9.54. The molecule has 92 valence electrons. The summed E-state index contributed by atoms with van der Waals surface area (Å²) in [6.45, 7) is 0.789. The molecule has 1 aromatic carbocycles. The Labute approximate surface area is 118 Å². The van der Waals surface area contributed by atoms with Crippen LogP contribution < -0.4 is 10.2 Å². The van der Waals surface area contributed by atoms with Gasteiger partial charge in [-0.3, -0.25) is 4.79 Å². The topological polar surface area (TPSA) is 32.3 Å². The van der Waals surface area contributed by atoms with Gasteiger partial charge in [0, 0.05) is 15.5 Å². The molecule has 1 amide bonds. The highest BCUT2D eigenvalue weighted by atomic mass is 79.9. The van der Waals surface area contributed by atoms with E-state index >= 15 is 0 Å². The lowest BCUT2D eigenvalue weighted by molar-refractivity contribution is -0.121. The molecule has 0 aliphatic carbocycles. The molecule has 0 radical (unpaired) electrons. The van der Waals surface area contributed by atoms with Crippen molar-refractivity contribution in [2.45, 2.75) is 18.9 Å². The second-order valence-corrected chi connectivity index (χ2v) is 5.84. The molecule has 1 fully saturated rings. The van der Waals surface area contributed by atoms with Gasteiger partial charge in [0.25, 0.3) is 0 Å². The smallest absolute Gasteiger partial charge is 0.244 e. The van der Waals surface area contributed by atoms with E-state index in [9.17, 15) is 4.79 Å². The summed E-state index contributed by atoms with van der Waals surface area (Å²) < 4.78 is 1.94. The van der Waals surface area contributed by atoms with Gasteiger partial charge in [0.15, 0.2) is 0 Å². The minimum absolute atomic E-state index is 0.0562. The maximum atomic E-state index is 12.2. The molecule has 1 saturated heterocycles. The second-order valence-electron chi connectivity index (χ2n) is 4.07. The van der Waals surface area contributed by atoms with Crippen LogP contribution in [0.5, 0.6) is 0 Å². The van der Waals surface area contributed by atoms with Crippen molar-refractivity contribution in [3.63, 3.8) is 0 Å². The number of likely N-dealkylation sites (N-methyl/N-ethyl adjacent to an activating group) is 1. The van der Waals surface area contributed by atoms with E-state index in [0.717, 1.165) is 34.0 Å². The Morgan fingerprint density at radius 1 is 1.41 bits per heavy atom. The number of nitrogens with zero attached hydrogens (tertiary/aromatic N) is 1. The van der Waals surface area contributed by atoms with E-state index in [0.29, 0.717) is 0 Å². The van der Waals surface area contributed by atoms with Crippen molar-refractivity contribution in [2.75, 3.05) is 18.5 Å². The molecule has 1 heterocycles. The van der Waals surface area contributed by atoms with Gasteiger partial charge in [-0.1, -0.05) is 15.9 Å². The molecule has 1 N–H and O–H groups in total. The first kappa shape index (κ1) is 13.1. The molecule has 0 saturated carbocycles. The first-order valence-corrected chi connectivity index (χ1v) is 7.16. The van der Waals surface area contributed by atoms with E-state index in [2.05, 4.69) is 37.2 Å². The number of piperidine rings is 1. The van der Waals surface area contributed by atoms with Crippen molar-refractivity contribution in [3.8, 4) is 0 Å². The molecule has 0 aromatic heterocycles. The van der Waals surface area contributed by atoms with E-state index in [1.807, 2.05) is 30.1 Å². The van der Waals surface area contributed by atoms with Crippen LogP contribution in [-0.2, 0) is 4.79 Å². The molecule has 1 aromatic rings. The fraction of sp³-hybridized carbons (Fsp3) is 0.417. The Kier molecular flexibility index (Phi) is 4.22. The summed E-state index contributed by atoms with van der Waals surface area (Å²) in [5.74, 6) is 0.154. The lowest BCUT2D eigenvalue weighted by Crippen LogP contribution is -2.49. The van der Waals surface area contributed by atoms with Crippen molar-refractivity contribution in [3.05, 3.63) is 27.1 Å². The SMILES string of the molecule is CNC1CCCN(c2ccc(Br)cc2Br)C1=O. The largest absolute Gasteiger partial charge is 0.310 e. The fourth-order valence-electron chi connectivity index (χ4n) is 2.08. The Balaban J connectivity index is 2.29. The zero-order valence-corrected chi connectivity index (χ0v) is 12.7. The first-order valence-electron chi connectivity index (χ1n) is 5.57. The third-order valence-corrected chi connectivity index (χ3v) is 4.12. The zero-order chi connectivity index (χ0) is 12.4. The molecule has 1 unspecified atom stereocenters. The van der Waals surface area contributed by atoms with Gasteiger partial charge in [-0.2, -0.15) is 0 Å². The van der Waals surface area contributed by atoms with E-state index in [-0.39, 0.29) is 11.9 Å². The maximum absolute atomic E-state index is 12.2. The average Bonchev–Trinajstić information content (AvgIpc) is 2.30. The number of rotatable bonds is 2. The number of carbonyl (C=O) groups is 1. The van der Waals surface area contributed by atoms with Crippen LogP contribution in [-0.4, -0.2) is 25.5 Å². The van der Waals surface area contributed by atoms with Crippen molar-refractivity contribution in [1.29, 1.82) is 0 Å². The molecule has 1 atom stereocenters. The number of anilines is 1. The van der Waals surface area contributed by atoms with Crippen LogP contribution in [0.2, 0.25) is 0 Å². The highest BCUT2D eigenvalue weighted by molar-refractivity contribution is 9.11. The number of benzene rings is 1. The van der Waals surface area contributed by atoms with Crippen molar-refractivity contribution in [2.24, 2.45) is 0 Å². The Morgan fingerprint density at radius 3 is 2.82 bits per heavy atom. The number of nitrogens with one attached hydrogen (secondary N) is 1. The van der Waals surface area contributed by atoms with Gasteiger partial charge in [0.1, 0.15) is 0 Å². The van der Waals surface area contributed by atoms with Crippen LogP contribution >= 0.6 is 31.9 Å². The highest BCUT2D eigenvalue weighted by Gasteiger charge is 2.29. The molecule has 0 bridgehead atoms. The van der Waals surface area contributed by atoms with Gasteiger partial charge in [-0.25, -0.2) is 0 Å². The quantitative estimate of drug-likeness (QED) is 0.878. The van der Waals surface area contributed by atoms with E-state index in [1.54, 1.807) is 0 Å². The summed E-state index contributed by atoms with van der Waals surface area (Å²) in [5, 5.41) is 3.07. The first-order chi connectivity index (χ1) is 8.13. The molecule has 3 nitrogen and oxygen atoms in total. The highest BCUT2D eigenvalue weighted by Crippen LogP contribution is 2.31. The van der Waals surface area contributed by atoms with Crippen LogP contribution in [0.1, 0.15) is 12.8 Å². The fourth-order valence-corrected chi connectivity index (χ4v) is 3.34. The lowest BCUT2D eigenvalue weighted by Gasteiger charge is -2.32. The second kappa shape index (κ2) is 5.50. The normalized spacial score (nSPS) is 20.8. The number of carbonyl (C=O) groups excluding carboxylic acids is 1. The van der Waals surface area contributed by atoms with E-state index < -0.39 is 0 Å². The summed E-state index contributed by atoms with van der Waals surface area (Å²) in [7, 11) is 1.84. The van der Waals surface area contributed by atoms with Gasteiger partial charge < -0.3 is 10.2 Å². The summed E-state index contributed by atoms with van der Waals surface area (Å²) in [6.07, 6.45) is 1.94. The van der Waals surface area contributed by atoms with Crippen LogP contribution in [0.3, 0.4) is 0 Å². The standard InChI is InChI=1S/C12H14Br2N2O/c1-15-10-3-2-6-16(12(10)17)11-5-4-8(13)7-9(11)14/h4-5,7,10,15H,2-3,6H2,1H3. The molecule has 0 spiro atoms. The van der Waals surface area contributed by atoms with E-state index in [1.165, 1.54) is 0 Å². The monoisotopic (exact) mass is 360 g/mol. The van der Waals surface area contributed by atoms with Crippen LogP contribution in [0.4, 0.5) is 5.69 Å². The van der Waals surface area contributed by atoms with Crippen LogP contribution in [0, 0.1) is 0 Å². The van der Waals surface area contributed by atoms with Crippen LogP contribution in [0.25, 0.3) is 0 Å². The molecule has 5 heteroatoms. The van der Waals surface area contributed by atoms with Gasteiger partial charge in [0.2, 0.25) is 5.91 Å². The van der Waals surface area contributed by atoms with Gasteiger partial charge in [-0.05, 0) is 54.0 Å².